The second kappa shape index (κ2) is 6.72. The molecule has 0 aliphatic carbocycles. The summed E-state index contributed by atoms with van der Waals surface area (Å²) in [6.07, 6.45) is 2.80. The summed E-state index contributed by atoms with van der Waals surface area (Å²) in [5.74, 6) is 0.807. The van der Waals surface area contributed by atoms with Crippen LogP contribution in [0.4, 0.5) is 0 Å². The van der Waals surface area contributed by atoms with Crippen LogP contribution < -0.4 is 10.6 Å². The molecule has 2 rings (SSSR count). The van der Waals surface area contributed by atoms with Crippen molar-refractivity contribution in [3.8, 4) is 0 Å². The second-order valence-corrected chi connectivity index (χ2v) is 6.99. The third-order valence-corrected chi connectivity index (χ3v) is 4.49. The van der Waals surface area contributed by atoms with E-state index in [0.29, 0.717) is 12.3 Å². The van der Waals surface area contributed by atoms with Gasteiger partial charge in [0.1, 0.15) is 0 Å². The molecule has 1 aliphatic rings. The summed E-state index contributed by atoms with van der Waals surface area (Å²) in [7, 11) is 0. The van der Waals surface area contributed by atoms with Gasteiger partial charge in [-0.2, -0.15) is 0 Å². The van der Waals surface area contributed by atoms with Crippen LogP contribution >= 0.6 is 15.9 Å². The number of amides is 1. The molecule has 1 amide bonds. The van der Waals surface area contributed by atoms with Crippen LogP contribution in [-0.4, -0.2) is 19.0 Å². The van der Waals surface area contributed by atoms with Crippen LogP contribution in [0.15, 0.2) is 28.7 Å². The van der Waals surface area contributed by atoms with Crippen LogP contribution in [0.5, 0.6) is 0 Å². The Morgan fingerprint density at radius 2 is 2.10 bits per heavy atom. The van der Waals surface area contributed by atoms with Gasteiger partial charge in [0.15, 0.2) is 0 Å². The maximum atomic E-state index is 12.1. The highest BCUT2D eigenvalue weighted by Crippen LogP contribution is 2.23. The van der Waals surface area contributed by atoms with Crippen molar-refractivity contribution in [1.82, 2.24) is 10.6 Å². The summed E-state index contributed by atoms with van der Waals surface area (Å²) < 4.78 is 1.05. The van der Waals surface area contributed by atoms with E-state index in [4.69, 9.17) is 0 Å². The van der Waals surface area contributed by atoms with Crippen LogP contribution in [0, 0.1) is 5.92 Å². The number of benzene rings is 1. The van der Waals surface area contributed by atoms with Gasteiger partial charge >= 0.3 is 0 Å². The Hall–Kier alpha value is -0.870. The first-order chi connectivity index (χ1) is 9.47. The zero-order valence-electron chi connectivity index (χ0n) is 12.2. The number of hydrogen-bond acceptors (Lipinski definition) is 2. The van der Waals surface area contributed by atoms with Gasteiger partial charge in [-0.3, -0.25) is 4.79 Å². The van der Waals surface area contributed by atoms with Crippen LogP contribution in [0.2, 0.25) is 0 Å². The number of carbonyl (C=O) groups is 1. The molecule has 0 radical (unpaired) electrons. The van der Waals surface area contributed by atoms with Crippen molar-refractivity contribution in [3.05, 3.63) is 34.3 Å². The maximum absolute atomic E-state index is 12.1. The van der Waals surface area contributed by atoms with Gasteiger partial charge in [0.2, 0.25) is 5.91 Å². The highest BCUT2D eigenvalue weighted by atomic mass is 79.9. The van der Waals surface area contributed by atoms with Crippen molar-refractivity contribution in [2.24, 2.45) is 5.92 Å². The van der Waals surface area contributed by atoms with E-state index in [9.17, 15) is 4.79 Å². The number of hydrogen-bond donors (Lipinski definition) is 2. The first kappa shape index (κ1) is 15.5. The molecular formula is C16H23BrN2O. The summed E-state index contributed by atoms with van der Waals surface area (Å²) in [4.78, 5) is 12.1. The van der Waals surface area contributed by atoms with Crippen LogP contribution in [0.25, 0.3) is 0 Å². The zero-order chi connectivity index (χ0) is 14.6. The third kappa shape index (κ3) is 4.32. The molecule has 1 heterocycles. The molecule has 0 saturated carbocycles. The monoisotopic (exact) mass is 338 g/mol. The third-order valence-electron chi connectivity index (χ3n) is 3.96. The Labute approximate surface area is 129 Å². The van der Waals surface area contributed by atoms with Crippen molar-refractivity contribution in [2.45, 2.75) is 38.6 Å². The molecule has 1 aliphatic heterocycles. The summed E-state index contributed by atoms with van der Waals surface area (Å²) in [5.41, 5.74) is 0.794. The van der Waals surface area contributed by atoms with E-state index in [2.05, 4.69) is 26.6 Å². The minimum absolute atomic E-state index is 0.143. The van der Waals surface area contributed by atoms with Gasteiger partial charge in [0.05, 0.1) is 5.54 Å². The Balaban J connectivity index is 1.86. The van der Waals surface area contributed by atoms with Gasteiger partial charge in [-0.25, -0.2) is 0 Å². The minimum Gasteiger partial charge on any atom is -0.347 e. The predicted molar refractivity (Wildman–Crippen MR) is 85.5 cm³/mol. The molecule has 4 heteroatoms. The first-order valence-electron chi connectivity index (χ1n) is 7.25. The summed E-state index contributed by atoms with van der Waals surface area (Å²) >= 11 is 3.43. The molecule has 0 bridgehead atoms. The molecule has 110 valence electrons. The maximum Gasteiger partial charge on any atom is 0.220 e. The van der Waals surface area contributed by atoms with Crippen molar-refractivity contribution < 1.29 is 4.79 Å². The quantitative estimate of drug-likeness (QED) is 0.865. The van der Waals surface area contributed by atoms with Gasteiger partial charge in [0.25, 0.3) is 0 Å². The van der Waals surface area contributed by atoms with Gasteiger partial charge in [0, 0.05) is 10.9 Å². The van der Waals surface area contributed by atoms with E-state index in [-0.39, 0.29) is 11.4 Å². The molecule has 2 N–H and O–H groups in total. The minimum atomic E-state index is -0.328. The molecule has 1 saturated heterocycles. The lowest BCUT2D eigenvalue weighted by atomic mass is 9.93. The average molecular weight is 339 g/mol. The van der Waals surface area contributed by atoms with E-state index >= 15 is 0 Å². The van der Waals surface area contributed by atoms with Gasteiger partial charge in [-0.1, -0.05) is 28.1 Å². The number of rotatable bonds is 5. The van der Waals surface area contributed by atoms with Crippen molar-refractivity contribution in [1.29, 1.82) is 0 Å². The second-order valence-electron chi connectivity index (χ2n) is 6.08. The highest BCUT2D eigenvalue weighted by molar-refractivity contribution is 9.10. The molecule has 1 unspecified atom stereocenters. The fourth-order valence-electron chi connectivity index (χ4n) is 2.65. The number of nitrogens with one attached hydrogen (secondary N) is 2. The summed E-state index contributed by atoms with van der Waals surface area (Å²) in [5, 5.41) is 6.48. The largest absolute Gasteiger partial charge is 0.347 e. The molecule has 1 atom stereocenters. The summed E-state index contributed by atoms with van der Waals surface area (Å²) in [6.45, 7) is 6.25. The summed E-state index contributed by atoms with van der Waals surface area (Å²) in [6, 6.07) is 8.11. The first-order valence-corrected chi connectivity index (χ1v) is 8.04. The molecular weight excluding hydrogens is 316 g/mol. The zero-order valence-corrected chi connectivity index (χ0v) is 13.8. The Morgan fingerprint density at radius 1 is 1.40 bits per heavy atom. The fraction of sp³-hybridized carbons (Fsp3) is 0.562. The predicted octanol–water partition coefficient (Wildman–Crippen LogP) is 3.19. The van der Waals surface area contributed by atoms with Gasteiger partial charge < -0.3 is 10.6 Å². The smallest absolute Gasteiger partial charge is 0.220 e. The molecule has 1 aromatic rings. The van der Waals surface area contributed by atoms with Crippen LogP contribution in [0.3, 0.4) is 0 Å². The highest BCUT2D eigenvalue weighted by Gasteiger charge is 2.23. The van der Waals surface area contributed by atoms with Gasteiger partial charge in [-0.15, -0.1) is 0 Å². The standard InChI is InChI=1S/C16H23BrN2O/c1-16(2,13-4-6-14(17)7-5-13)19-15(20)8-3-12-9-10-18-11-12/h4-7,12,18H,3,8-11H2,1-2H3,(H,19,20). The molecule has 3 nitrogen and oxygen atoms in total. The molecule has 0 spiro atoms. The lowest BCUT2D eigenvalue weighted by molar-refractivity contribution is -0.123. The number of halogens is 1. The molecule has 0 aromatic heterocycles. The van der Waals surface area contributed by atoms with Gasteiger partial charge in [-0.05, 0) is 63.4 Å². The van der Waals surface area contributed by atoms with E-state index in [1.807, 2.05) is 38.1 Å². The molecule has 20 heavy (non-hydrogen) atoms. The normalized spacial score (nSPS) is 19.1. The Morgan fingerprint density at radius 3 is 2.70 bits per heavy atom. The average Bonchev–Trinajstić information content (AvgIpc) is 2.89. The SMILES string of the molecule is CC(C)(NC(=O)CCC1CCNC1)c1ccc(Br)cc1. The van der Waals surface area contributed by atoms with E-state index in [1.165, 1.54) is 6.42 Å². The lowest BCUT2D eigenvalue weighted by Gasteiger charge is -2.27. The van der Waals surface area contributed by atoms with E-state index in [1.54, 1.807) is 0 Å². The molecule has 1 aromatic carbocycles. The van der Waals surface area contributed by atoms with Crippen molar-refractivity contribution >= 4 is 21.8 Å². The van der Waals surface area contributed by atoms with Crippen LogP contribution in [0.1, 0.15) is 38.7 Å². The fourth-order valence-corrected chi connectivity index (χ4v) is 2.91. The Bertz CT molecular complexity index is 450. The van der Waals surface area contributed by atoms with E-state index in [0.717, 1.165) is 29.5 Å². The van der Waals surface area contributed by atoms with Crippen LogP contribution in [-0.2, 0) is 10.3 Å². The Kier molecular flexibility index (Phi) is 5.22. The van der Waals surface area contributed by atoms with Crippen molar-refractivity contribution in [2.75, 3.05) is 13.1 Å². The molecule has 1 fully saturated rings. The number of carbonyl (C=O) groups excluding carboxylic acids is 1. The van der Waals surface area contributed by atoms with Crippen molar-refractivity contribution in [3.63, 3.8) is 0 Å². The topological polar surface area (TPSA) is 41.1 Å². The van der Waals surface area contributed by atoms with E-state index < -0.39 is 0 Å². The lowest BCUT2D eigenvalue weighted by Crippen LogP contribution is -2.41.